The Kier molecular flexibility index (Phi) is 5.61. The molecule has 0 aliphatic heterocycles. The molecule has 0 spiro atoms. The summed E-state index contributed by atoms with van der Waals surface area (Å²) in [5, 5.41) is 6.78. The van der Waals surface area contributed by atoms with Gasteiger partial charge in [-0.15, -0.1) is 0 Å². The zero-order valence-corrected chi connectivity index (χ0v) is 16.8. The lowest BCUT2D eigenvalue weighted by Gasteiger charge is -2.12. The van der Waals surface area contributed by atoms with Crippen molar-refractivity contribution in [2.45, 2.75) is 0 Å². The fourth-order valence-corrected chi connectivity index (χ4v) is 3.01. The highest BCUT2D eigenvalue weighted by atomic mass is 19.1. The van der Waals surface area contributed by atoms with Crippen molar-refractivity contribution in [1.82, 2.24) is 10.1 Å². The molecular formula is C23H18FN3O4. The zero-order chi connectivity index (χ0) is 21.8. The third-order valence-corrected chi connectivity index (χ3v) is 4.59. The molecule has 7 nitrogen and oxygen atoms in total. The highest BCUT2D eigenvalue weighted by Gasteiger charge is 2.19. The Morgan fingerprint density at radius 3 is 2.52 bits per heavy atom. The molecule has 0 atom stereocenters. The van der Waals surface area contributed by atoms with Crippen LogP contribution in [-0.4, -0.2) is 30.3 Å². The van der Waals surface area contributed by atoms with E-state index in [2.05, 4.69) is 15.5 Å². The number of nitrogens with one attached hydrogen (secondary N) is 1. The van der Waals surface area contributed by atoms with E-state index in [1.54, 1.807) is 61.7 Å². The molecule has 31 heavy (non-hydrogen) atoms. The van der Waals surface area contributed by atoms with Gasteiger partial charge in [0.1, 0.15) is 17.3 Å². The molecule has 0 saturated heterocycles. The third-order valence-electron chi connectivity index (χ3n) is 4.59. The maximum Gasteiger partial charge on any atom is 0.259 e. The molecule has 1 N–H and O–H groups in total. The first-order chi connectivity index (χ1) is 15.1. The minimum Gasteiger partial charge on any atom is -0.497 e. The summed E-state index contributed by atoms with van der Waals surface area (Å²) < 4.78 is 29.1. The number of hydrogen-bond donors (Lipinski definition) is 1. The highest BCUT2D eigenvalue weighted by molar-refractivity contribution is 6.08. The second-order valence-electron chi connectivity index (χ2n) is 6.50. The molecule has 3 aromatic carbocycles. The molecule has 8 heteroatoms. The van der Waals surface area contributed by atoms with Gasteiger partial charge in [0.25, 0.3) is 11.8 Å². The van der Waals surface area contributed by atoms with Gasteiger partial charge in [-0.25, -0.2) is 4.39 Å². The summed E-state index contributed by atoms with van der Waals surface area (Å²) in [4.78, 5) is 17.4. The van der Waals surface area contributed by atoms with E-state index in [1.165, 1.54) is 19.2 Å². The largest absolute Gasteiger partial charge is 0.497 e. The lowest BCUT2D eigenvalue weighted by Crippen LogP contribution is -2.14. The van der Waals surface area contributed by atoms with E-state index in [4.69, 9.17) is 14.0 Å². The lowest BCUT2D eigenvalue weighted by atomic mass is 10.1. The number of amides is 1. The highest BCUT2D eigenvalue weighted by Crippen LogP contribution is 2.31. The van der Waals surface area contributed by atoms with Crippen molar-refractivity contribution >= 4 is 11.6 Å². The van der Waals surface area contributed by atoms with Gasteiger partial charge in [0.05, 0.1) is 31.0 Å². The van der Waals surface area contributed by atoms with E-state index in [1.807, 2.05) is 0 Å². The van der Waals surface area contributed by atoms with Gasteiger partial charge in [-0.2, -0.15) is 4.98 Å². The summed E-state index contributed by atoms with van der Waals surface area (Å²) in [6.45, 7) is 0. The van der Waals surface area contributed by atoms with Crippen LogP contribution in [0.5, 0.6) is 11.5 Å². The summed E-state index contributed by atoms with van der Waals surface area (Å²) >= 11 is 0. The van der Waals surface area contributed by atoms with E-state index >= 15 is 0 Å². The Balaban J connectivity index is 1.64. The minimum absolute atomic E-state index is 0.173. The first-order valence-electron chi connectivity index (χ1n) is 9.31. The van der Waals surface area contributed by atoms with Crippen LogP contribution in [0.25, 0.3) is 22.8 Å². The zero-order valence-electron chi connectivity index (χ0n) is 16.8. The first-order valence-corrected chi connectivity index (χ1v) is 9.31. The van der Waals surface area contributed by atoms with Gasteiger partial charge in [-0.3, -0.25) is 4.79 Å². The Morgan fingerprint density at radius 2 is 1.77 bits per heavy atom. The number of carbonyl (C=O) groups excluding carboxylic acids is 1. The molecular weight excluding hydrogens is 401 g/mol. The Bertz CT molecular complexity index is 1220. The van der Waals surface area contributed by atoms with Crippen molar-refractivity contribution in [2.75, 3.05) is 19.5 Å². The van der Waals surface area contributed by atoms with Crippen LogP contribution in [0.4, 0.5) is 10.1 Å². The Labute approximate surface area is 177 Å². The maximum atomic E-state index is 13.2. The molecule has 1 heterocycles. The molecule has 0 aliphatic rings. The molecule has 0 radical (unpaired) electrons. The van der Waals surface area contributed by atoms with Gasteiger partial charge in [0, 0.05) is 11.6 Å². The minimum atomic E-state index is -0.374. The second kappa shape index (κ2) is 8.66. The normalized spacial score (nSPS) is 10.5. The number of carbonyl (C=O) groups is 1. The number of anilines is 1. The summed E-state index contributed by atoms with van der Waals surface area (Å²) in [6, 6.07) is 17.7. The lowest BCUT2D eigenvalue weighted by molar-refractivity contribution is 0.102. The van der Waals surface area contributed by atoms with Crippen LogP contribution < -0.4 is 14.8 Å². The number of methoxy groups -OCH3 is 2. The van der Waals surface area contributed by atoms with E-state index in [9.17, 15) is 9.18 Å². The average Bonchev–Trinajstić information content (AvgIpc) is 3.30. The average molecular weight is 419 g/mol. The number of benzene rings is 3. The Hall–Kier alpha value is -4.20. The van der Waals surface area contributed by atoms with E-state index in [-0.39, 0.29) is 17.6 Å². The van der Waals surface area contributed by atoms with E-state index in [0.717, 1.165) is 0 Å². The standard InChI is InChI=1S/C23H18FN3O4/c1-29-16-11-12-19(20(13-16)30-2)25-22(28)17-5-3-4-6-18(17)23-26-21(27-31-23)14-7-9-15(24)10-8-14/h3-13H,1-2H3,(H,25,28). The van der Waals surface area contributed by atoms with Crippen molar-refractivity contribution in [2.24, 2.45) is 0 Å². The van der Waals surface area contributed by atoms with Crippen LogP contribution in [-0.2, 0) is 0 Å². The summed E-state index contributed by atoms with van der Waals surface area (Å²) in [5.41, 5.74) is 1.89. The summed E-state index contributed by atoms with van der Waals surface area (Å²) in [6.07, 6.45) is 0. The van der Waals surface area contributed by atoms with Crippen LogP contribution in [0.3, 0.4) is 0 Å². The van der Waals surface area contributed by atoms with Gasteiger partial charge in [-0.05, 0) is 48.5 Å². The predicted molar refractivity (Wildman–Crippen MR) is 113 cm³/mol. The van der Waals surface area contributed by atoms with E-state index in [0.29, 0.717) is 39.7 Å². The molecule has 0 aliphatic carbocycles. The quantitative estimate of drug-likeness (QED) is 0.483. The van der Waals surface area contributed by atoms with Crippen LogP contribution in [0.1, 0.15) is 10.4 Å². The van der Waals surface area contributed by atoms with Crippen molar-refractivity contribution in [1.29, 1.82) is 0 Å². The van der Waals surface area contributed by atoms with Crippen LogP contribution in [0, 0.1) is 5.82 Å². The number of nitrogens with zero attached hydrogens (tertiary/aromatic N) is 2. The smallest absolute Gasteiger partial charge is 0.259 e. The van der Waals surface area contributed by atoms with Crippen LogP contribution >= 0.6 is 0 Å². The van der Waals surface area contributed by atoms with Crippen molar-refractivity contribution in [3.8, 4) is 34.3 Å². The molecule has 0 bridgehead atoms. The fraction of sp³-hybridized carbons (Fsp3) is 0.0870. The molecule has 4 aromatic rings. The number of aromatic nitrogens is 2. The molecule has 0 unspecified atom stereocenters. The molecule has 4 rings (SSSR count). The fourth-order valence-electron chi connectivity index (χ4n) is 3.01. The molecule has 1 amide bonds. The molecule has 0 fully saturated rings. The molecule has 0 saturated carbocycles. The summed E-state index contributed by atoms with van der Waals surface area (Å²) in [5.74, 6) is 0.800. The summed E-state index contributed by atoms with van der Waals surface area (Å²) in [7, 11) is 3.06. The van der Waals surface area contributed by atoms with Crippen LogP contribution in [0.15, 0.2) is 71.3 Å². The van der Waals surface area contributed by atoms with Gasteiger partial charge < -0.3 is 19.3 Å². The van der Waals surface area contributed by atoms with E-state index < -0.39 is 0 Å². The number of ether oxygens (including phenoxy) is 2. The van der Waals surface area contributed by atoms with Gasteiger partial charge in [0.15, 0.2) is 0 Å². The second-order valence-corrected chi connectivity index (χ2v) is 6.50. The number of hydrogen-bond acceptors (Lipinski definition) is 6. The van der Waals surface area contributed by atoms with Crippen molar-refractivity contribution in [3.05, 3.63) is 78.1 Å². The Morgan fingerprint density at radius 1 is 1.00 bits per heavy atom. The third kappa shape index (κ3) is 4.23. The van der Waals surface area contributed by atoms with Gasteiger partial charge in [-0.1, -0.05) is 17.3 Å². The van der Waals surface area contributed by atoms with Gasteiger partial charge in [0.2, 0.25) is 5.82 Å². The SMILES string of the molecule is COc1ccc(NC(=O)c2ccccc2-c2nc(-c3ccc(F)cc3)no2)c(OC)c1. The first kappa shape index (κ1) is 20.1. The topological polar surface area (TPSA) is 86.5 Å². The number of rotatable bonds is 6. The van der Waals surface area contributed by atoms with Crippen LogP contribution in [0.2, 0.25) is 0 Å². The monoisotopic (exact) mass is 419 g/mol. The van der Waals surface area contributed by atoms with Crippen molar-refractivity contribution < 1.29 is 23.2 Å². The predicted octanol–water partition coefficient (Wildman–Crippen LogP) is 4.81. The molecule has 1 aromatic heterocycles. The maximum absolute atomic E-state index is 13.2. The number of halogens is 1. The molecule has 156 valence electrons. The van der Waals surface area contributed by atoms with Crippen molar-refractivity contribution in [3.63, 3.8) is 0 Å². The van der Waals surface area contributed by atoms with Gasteiger partial charge >= 0.3 is 0 Å².